The zero-order valence-corrected chi connectivity index (χ0v) is 14.9. The monoisotopic (exact) mass is 338 g/mol. The van der Waals surface area contributed by atoms with Crippen molar-refractivity contribution in [2.24, 2.45) is 0 Å². The van der Waals surface area contributed by atoms with Crippen LogP contribution in [0.25, 0.3) is 11.0 Å². The van der Waals surface area contributed by atoms with Gasteiger partial charge in [0.05, 0.1) is 18.1 Å². The Bertz CT molecular complexity index is 895. The molecule has 3 rings (SSSR count). The smallest absolute Gasteiger partial charge is 0.262 e. The minimum absolute atomic E-state index is 0.0494. The molecule has 0 unspecified atom stereocenters. The lowest BCUT2D eigenvalue weighted by Gasteiger charge is -2.09. The molecule has 0 aliphatic heterocycles. The number of nitrogens with zero attached hydrogens (tertiary/aromatic N) is 3. The highest BCUT2D eigenvalue weighted by atomic mass is 16.5. The van der Waals surface area contributed by atoms with Gasteiger partial charge in [0.25, 0.3) is 5.91 Å². The number of pyridine rings is 1. The quantitative estimate of drug-likeness (QED) is 0.771. The van der Waals surface area contributed by atoms with Gasteiger partial charge in [-0.25, -0.2) is 9.67 Å². The van der Waals surface area contributed by atoms with E-state index in [-0.39, 0.29) is 18.6 Å². The highest BCUT2D eigenvalue weighted by Gasteiger charge is 2.10. The van der Waals surface area contributed by atoms with Gasteiger partial charge >= 0.3 is 0 Å². The van der Waals surface area contributed by atoms with E-state index in [9.17, 15) is 4.79 Å². The predicted octanol–water partition coefficient (Wildman–Crippen LogP) is 3.65. The molecule has 0 atom stereocenters. The Morgan fingerprint density at radius 1 is 1.16 bits per heavy atom. The average molecular weight is 338 g/mol. The summed E-state index contributed by atoms with van der Waals surface area (Å²) in [5, 5.41) is 8.02. The van der Waals surface area contributed by atoms with Crippen LogP contribution in [0.5, 0.6) is 5.75 Å². The van der Waals surface area contributed by atoms with E-state index < -0.39 is 0 Å². The summed E-state index contributed by atoms with van der Waals surface area (Å²) in [6.07, 6.45) is 3.39. The van der Waals surface area contributed by atoms with E-state index in [4.69, 9.17) is 4.74 Å². The first kappa shape index (κ1) is 17.0. The summed E-state index contributed by atoms with van der Waals surface area (Å²) in [5.41, 5.74) is 3.64. The molecule has 2 aromatic heterocycles. The zero-order valence-electron chi connectivity index (χ0n) is 14.9. The van der Waals surface area contributed by atoms with Crippen LogP contribution in [0.1, 0.15) is 31.0 Å². The predicted molar refractivity (Wildman–Crippen MR) is 98.0 cm³/mol. The van der Waals surface area contributed by atoms with Crippen molar-refractivity contribution in [2.45, 2.75) is 33.7 Å². The Morgan fingerprint density at radius 3 is 2.56 bits per heavy atom. The van der Waals surface area contributed by atoms with Crippen molar-refractivity contribution in [3.05, 3.63) is 47.8 Å². The number of hydrogen-bond donors (Lipinski definition) is 1. The maximum Gasteiger partial charge on any atom is 0.262 e. The number of aryl methyl sites for hydroxylation is 2. The summed E-state index contributed by atoms with van der Waals surface area (Å²) in [5.74, 6) is 0.469. The van der Waals surface area contributed by atoms with Crippen LogP contribution in [-0.4, -0.2) is 27.3 Å². The lowest BCUT2D eigenvalue weighted by Crippen LogP contribution is -2.20. The van der Waals surface area contributed by atoms with Gasteiger partial charge in [-0.05, 0) is 57.0 Å². The topological polar surface area (TPSA) is 69.0 Å². The second kappa shape index (κ2) is 6.93. The van der Waals surface area contributed by atoms with E-state index in [2.05, 4.69) is 21.5 Å². The molecule has 0 fully saturated rings. The third-order valence-electron chi connectivity index (χ3n) is 3.77. The Labute approximate surface area is 146 Å². The van der Waals surface area contributed by atoms with Crippen LogP contribution in [0.15, 0.2) is 36.7 Å². The summed E-state index contributed by atoms with van der Waals surface area (Å²) >= 11 is 0. The van der Waals surface area contributed by atoms with E-state index >= 15 is 0 Å². The minimum atomic E-state index is -0.225. The van der Waals surface area contributed by atoms with Crippen LogP contribution in [0.2, 0.25) is 0 Å². The average Bonchev–Trinajstić information content (AvgIpc) is 2.95. The van der Waals surface area contributed by atoms with Crippen molar-refractivity contribution in [1.82, 2.24) is 14.8 Å². The summed E-state index contributed by atoms with van der Waals surface area (Å²) in [6.45, 7) is 8.05. The molecule has 0 aliphatic rings. The number of hydrogen-bond acceptors (Lipinski definition) is 4. The fourth-order valence-electron chi connectivity index (χ4n) is 2.75. The fourth-order valence-corrected chi connectivity index (χ4v) is 2.75. The number of benzene rings is 1. The minimum Gasteiger partial charge on any atom is -0.484 e. The van der Waals surface area contributed by atoms with Gasteiger partial charge in [0.1, 0.15) is 5.75 Å². The van der Waals surface area contributed by atoms with Crippen LogP contribution in [-0.2, 0) is 4.79 Å². The SMILES string of the molecule is Cc1cc(C)cc(OCC(=O)Nc2cnc3c(cnn3C(C)C)c2)c1. The normalized spacial score (nSPS) is 11.1. The van der Waals surface area contributed by atoms with E-state index in [1.54, 1.807) is 12.4 Å². The molecule has 0 bridgehead atoms. The second-order valence-electron chi connectivity index (χ2n) is 6.48. The Balaban J connectivity index is 1.65. The number of fused-ring (bicyclic) bond motifs is 1. The number of carbonyl (C=O) groups is 1. The Kier molecular flexibility index (Phi) is 4.70. The van der Waals surface area contributed by atoms with Gasteiger partial charge in [0.2, 0.25) is 0 Å². The molecule has 3 aromatic rings. The highest BCUT2D eigenvalue weighted by Crippen LogP contribution is 2.19. The first-order valence-electron chi connectivity index (χ1n) is 8.26. The van der Waals surface area contributed by atoms with Crippen molar-refractivity contribution in [3.63, 3.8) is 0 Å². The van der Waals surface area contributed by atoms with Gasteiger partial charge in [0.15, 0.2) is 12.3 Å². The number of rotatable bonds is 5. The fraction of sp³-hybridized carbons (Fsp3) is 0.316. The van der Waals surface area contributed by atoms with Gasteiger partial charge in [0, 0.05) is 11.4 Å². The van der Waals surface area contributed by atoms with Crippen molar-refractivity contribution in [1.29, 1.82) is 0 Å². The Morgan fingerprint density at radius 2 is 1.88 bits per heavy atom. The first-order valence-corrected chi connectivity index (χ1v) is 8.26. The highest BCUT2D eigenvalue weighted by molar-refractivity contribution is 5.93. The van der Waals surface area contributed by atoms with E-state index in [1.165, 1.54) is 0 Å². The van der Waals surface area contributed by atoms with Crippen LogP contribution < -0.4 is 10.1 Å². The molecular weight excluding hydrogens is 316 g/mol. The van der Waals surface area contributed by atoms with E-state index in [0.29, 0.717) is 11.4 Å². The molecule has 2 heterocycles. The third kappa shape index (κ3) is 3.96. The molecule has 25 heavy (non-hydrogen) atoms. The zero-order chi connectivity index (χ0) is 18.0. The summed E-state index contributed by atoms with van der Waals surface area (Å²) in [4.78, 5) is 16.5. The number of carbonyl (C=O) groups excluding carboxylic acids is 1. The first-order chi connectivity index (χ1) is 11.9. The summed E-state index contributed by atoms with van der Waals surface area (Å²) in [7, 11) is 0. The molecule has 6 nitrogen and oxygen atoms in total. The molecule has 130 valence electrons. The lowest BCUT2D eigenvalue weighted by molar-refractivity contribution is -0.118. The van der Waals surface area contributed by atoms with Crippen molar-refractivity contribution in [2.75, 3.05) is 11.9 Å². The summed E-state index contributed by atoms with van der Waals surface area (Å²) < 4.78 is 7.43. The van der Waals surface area contributed by atoms with Crippen molar-refractivity contribution in [3.8, 4) is 5.75 Å². The molecule has 6 heteroatoms. The Hall–Kier alpha value is -2.89. The van der Waals surface area contributed by atoms with Gasteiger partial charge in [-0.2, -0.15) is 5.10 Å². The third-order valence-corrected chi connectivity index (χ3v) is 3.77. The number of nitrogens with one attached hydrogen (secondary N) is 1. The van der Waals surface area contributed by atoms with E-state index in [1.807, 2.05) is 50.6 Å². The van der Waals surface area contributed by atoms with E-state index in [0.717, 1.165) is 22.2 Å². The largest absolute Gasteiger partial charge is 0.484 e. The second-order valence-corrected chi connectivity index (χ2v) is 6.48. The van der Waals surface area contributed by atoms with Crippen LogP contribution in [0, 0.1) is 13.8 Å². The van der Waals surface area contributed by atoms with Gasteiger partial charge < -0.3 is 10.1 Å². The van der Waals surface area contributed by atoms with Crippen LogP contribution in [0.4, 0.5) is 5.69 Å². The molecule has 1 aromatic carbocycles. The number of anilines is 1. The molecular formula is C19H22N4O2. The van der Waals surface area contributed by atoms with Crippen molar-refractivity contribution >= 4 is 22.6 Å². The van der Waals surface area contributed by atoms with Crippen molar-refractivity contribution < 1.29 is 9.53 Å². The van der Waals surface area contributed by atoms with Gasteiger partial charge in [-0.15, -0.1) is 0 Å². The molecule has 0 radical (unpaired) electrons. The number of aromatic nitrogens is 3. The summed E-state index contributed by atoms with van der Waals surface area (Å²) in [6, 6.07) is 7.98. The molecule has 0 saturated heterocycles. The number of amides is 1. The molecule has 0 spiro atoms. The maximum atomic E-state index is 12.1. The van der Waals surface area contributed by atoms with Gasteiger partial charge in [-0.1, -0.05) is 6.07 Å². The maximum absolute atomic E-state index is 12.1. The lowest BCUT2D eigenvalue weighted by atomic mass is 10.1. The van der Waals surface area contributed by atoms with Crippen LogP contribution in [0.3, 0.4) is 0 Å². The number of ether oxygens (including phenoxy) is 1. The molecule has 1 N–H and O–H groups in total. The van der Waals surface area contributed by atoms with Crippen LogP contribution >= 0.6 is 0 Å². The van der Waals surface area contributed by atoms with Gasteiger partial charge in [-0.3, -0.25) is 4.79 Å². The standard InChI is InChI=1S/C19H22N4O2/c1-12(2)23-19-15(9-21-23)8-16(10-20-19)22-18(24)11-25-17-6-13(3)5-14(4)7-17/h5-10,12H,11H2,1-4H3,(H,22,24). The molecule has 1 amide bonds. The molecule has 0 aliphatic carbocycles. The molecule has 0 saturated carbocycles.